The van der Waals surface area contributed by atoms with Crippen LogP contribution in [0.2, 0.25) is 0 Å². The smallest absolute Gasteiger partial charge is 0.253 e. The minimum Gasteiger partial charge on any atom is -0.385 e. The molecule has 30 heavy (non-hydrogen) atoms. The van der Waals surface area contributed by atoms with Crippen molar-refractivity contribution in [3.63, 3.8) is 0 Å². The summed E-state index contributed by atoms with van der Waals surface area (Å²) in [6.45, 7) is 0.396. The van der Waals surface area contributed by atoms with Crippen molar-refractivity contribution >= 4 is 5.65 Å². The van der Waals surface area contributed by atoms with Gasteiger partial charge in [0, 0.05) is 63.6 Å². The molecule has 2 unspecified atom stereocenters. The second-order valence-corrected chi connectivity index (χ2v) is 7.65. The summed E-state index contributed by atoms with van der Waals surface area (Å²) in [6, 6.07) is 1.46. The molecule has 8 nitrogen and oxygen atoms in total. The fraction of sp³-hybridized carbons (Fsp3) is 0.400. The lowest BCUT2D eigenvalue weighted by Gasteiger charge is -2.16. The van der Waals surface area contributed by atoms with Crippen molar-refractivity contribution in [3.05, 3.63) is 43.2 Å². The number of imidazole rings is 1. The van der Waals surface area contributed by atoms with E-state index in [2.05, 4.69) is 15.2 Å². The van der Waals surface area contributed by atoms with Crippen LogP contribution in [0.25, 0.3) is 28.3 Å². The van der Waals surface area contributed by atoms with Gasteiger partial charge in [-0.3, -0.25) is 13.8 Å². The second kappa shape index (κ2) is 6.98. The van der Waals surface area contributed by atoms with Gasteiger partial charge in [0.2, 0.25) is 0 Å². The molecule has 0 saturated heterocycles. The molecule has 0 spiro atoms. The molecule has 1 aliphatic rings. The summed E-state index contributed by atoms with van der Waals surface area (Å²) in [5, 5.41) is 8.62. The zero-order valence-electron chi connectivity index (χ0n) is 16.6. The van der Waals surface area contributed by atoms with Gasteiger partial charge >= 0.3 is 0 Å². The number of aryl methyl sites for hydroxylation is 1. The number of hydrogen-bond donors (Lipinski definition) is 0. The van der Waals surface area contributed by atoms with Gasteiger partial charge in [-0.15, -0.1) is 0 Å². The fourth-order valence-corrected chi connectivity index (χ4v) is 3.87. The average molecular weight is 413 g/mol. The van der Waals surface area contributed by atoms with E-state index in [4.69, 9.17) is 9.72 Å². The van der Waals surface area contributed by atoms with Crippen LogP contribution in [0.3, 0.4) is 0 Å². The molecule has 0 amide bonds. The molecule has 4 heterocycles. The minimum absolute atomic E-state index is 0.114. The summed E-state index contributed by atoms with van der Waals surface area (Å²) in [7, 11) is 3.41. The van der Waals surface area contributed by atoms with Crippen LogP contribution in [0.4, 0.5) is 8.78 Å². The standard InChI is InChI=1S/C20H21F2N7O/c1-27-11-13(9-24-27)16-7-18-23-4-5-28(18)19(26-16)14-10-25-29(12-14)17(3-6-30-2)15-8-20(15,21)22/h4-5,7,9-12,15,17H,3,6,8H2,1-2H3. The predicted molar refractivity (Wildman–Crippen MR) is 105 cm³/mol. The normalized spacial score (nSPS) is 18.7. The monoisotopic (exact) mass is 413 g/mol. The molecule has 0 aromatic carbocycles. The van der Waals surface area contributed by atoms with E-state index in [0.29, 0.717) is 18.9 Å². The predicted octanol–water partition coefficient (Wildman–Crippen LogP) is 3.23. The van der Waals surface area contributed by atoms with Gasteiger partial charge in [-0.2, -0.15) is 10.2 Å². The van der Waals surface area contributed by atoms with Gasteiger partial charge in [0.15, 0.2) is 0 Å². The minimum atomic E-state index is -2.64. The summed E-state index contributed by atoms with van der Waals surface area (Å²) >= 11 is 0. The van der Waals surface area contributed by atoms with Crippen LogP contribution in [0.1, 0.15) is 18.9 Å². The average Bonchev–Trinajstić information content (AvgIpc) is 3.24. The lowest BCUT2D eigenvalue weighted by molar-refractivity contribution is 0.0765. The number of fused-ring (bicyclic) bond motifs is 1. The quantitative estimate of drug-likeness (QED) is 0.465. The van der Waals surface area contributed by atoms with Crippen molar-refractivity contribution in [2.24, 2.45) is 13.0 Å². The first kappa shape index (κ1) is 18.9. The number of methoxy groups -OCH3 is 1. The topological polar surface area (TPSA) is 75.1 Å². The zero-order valence-corrected chi connectivity index (χ0v) is 16.6. The number of nitrogens with zero attached hydrogens (tertiary/aromatic N) is 7. The van der Waals surface area contributed by atoms with E-state index in [9.17, 15) is 8.78 Å². The number of alkyl halides is 2. The SMILES string of the molecule is COCCC(C1CC1(F)F)n1cc(-c2nc(-c3cnn(C)c3)cc3nccn23)cn1. The fourth-order valence-electron chi connectivity index (χ4n) is 3.87. The van der Waals surface area contributed by atoms with E-state index in [-0.39, 0.29) is 6.42 Å². The highest BCUT2D eigenvalue weighted by Crippen LogP contribution is 2.55. The van der Waals surface area contributed by atoms with Crippen molar-refractivity contribution in [2.45, 2.75) is 24.8 Å². The van der Waals surface area contributed by atoms with Crippen LogP contribution < -0.4 is 0 Å². The Morgan fingerprint density at radius 1 is 1.23 bits per heavy atom. The Balaban J connectivity index is 1.55. The summed E-state index contributed by atoms with van der Waals surface area (Å²) in [5.74, 6) is -2.72. The molecule has 1 aliphatic carbocycles. The first-order chi connectivity index (χ1) is 14.5. The Labute approximate surface area is 171 Å². The number of hydrogen-bond acceptors (Lipinski definition) is 5. The third-order valence-corrected chi connectivity index (χ3v) is 5.55. The first-order valence-electron chi connectivity index (χ1n) is 9.70. The molecule has 156 valence electrons. The van der Waals surface area contributed by atoms with E-state index < -0.39 is 17.9 Å². The highest BCUT2D eigenvalue weighted by Gasteiger charge is 2.60. The lowest BCUT2D eigenvalue weighted by Crippen LogP contribution is -2.17. The summed E-state index contributed by atoms with van der Waals surface area (Å²) < 4.78 is 37.9. The van der Waals surface area contributed by atoms with Gasteiger partial charge in [-0.1, -0.05) is 0 Å². The molecule has 0 radical (unpaired) electrons. The zero-order chi connectivity index (χ0) is 20.9. The second-order valence-electron chi connectivity index (χ2n) is 7.65. The largest absolute Gasteiger partial charge is 0.385 e. The van der Waals surface area contributed by atoms with Gasteiger partial charge in [0.1, 0.15) is 11.5 Å². The summed E-state index contributed by atoms with van der Waals surface area (Å²) in [6.07, 6.45) is 10.9. The first-order valence-corrected chi connectivity index (χ1v) is 9.70. The molecule has 1 fully saturated rings. The van der Waals surface area contributed by atoms with Crippen molar-refractivity contribution in [3.8, 4) is 22.6 Å². The van der Waals surface area contributed by atoms with Crippen molar-refractivity contribution in [1.29, 1.82) is 0 Å². The molecule has 10 heteroatoms. The van der Waals surface area contributed by atoms with E-state index in [1.165, 1.54) is 0 Å². The van der Waals surface area contributed by atoms with Crippen LogP contribution in [0, 0.1) is 5.92 Å². The lowest BCUT2D eigenvalue weighted by atomic mass is 10.1. The highest BCUT2D eigenvalue weighted by molar-refractivity contribution is 5.68. The molecular formula is C20H21F2N7O. The van der Waals surface area contributed by atoms with Gasteiger partial charge in [0.25, 0.3) is 5.92 Å². The Hall–Kier alpha value is -3.14. The molecule has 4 aromatic rings. The molecule has 0 aliphatic heterocycles. The molecule has 0 bridgehead atoms. The van der Waals surface area contributed by atoms with Crippen LogP contribution >= 0.6 is 0 Å². The maximum absolute atomic E-state index is 13.8. The van der Waals surface area contributed by atoms with E-state index in [1.807, 2.05) is 29.9 Å². The molecule has 2 atom stereocenters. The molecular weight excluding hydrogens is 392 g/mol. The van der Waals surface area contributed by atoms with E-state index in [1.54, 1.807) is 41.3 Å². The van der Waals surface area contributed by atoms with Crippen molar-refractivity contribution in [1.82, 2.24) is 33.9 Å². The van der Waals surface area contributed by atoms with Crippen molar-refractivity contribution < 1.29 is 13.5 Å². The number of aromatic nitrogens is 7. The van der Waals surface area contributed by atoms with E-state index in [0.717, 1.165) is 22.5 Å². The van der Waals surface area contributed by atoms with Crippen LogP contribution in [0.15, 0.2) is 43.2 Å². The number of ether oxygens (including phenoxy) is 1. The van der Waals surface area contributed by atoms with Gasteiger partial charge in [-0.05, 0) is 6.42 Å². The number of halogens is 2. The number of rotatable bonds is 7. The maximum atomic E-state index is 13.8. The van der Waals surface area contributed by atoms with Crippen LogP contribution in [-0.2, 0) is 11.8 Å². The van der Waals surface area contributed by atoms with Gasteiger partial charge in [-0.25, -0.2) is 18.7 Å². The third kappa shape index (κ3) is 3.26. The van der Waals surface area contributed by atoms with Gasteiger partial charge in [0.05, 0.1) is 35.6 Å². The van der Waals surface area contributed by atoms with Crippen LogP contribution in [0.5, 0.6) is 0 Å². The van der Waals surface area contributed by atoms with Gasteiger partial charge < -0.3 is 4.74 Å². The molecule has 1 saturated carbocycles. The third-order valence-electron chi connectivity index (χ3n) is 5.55. The Morgan fingerprint density at radius 2 is 2.03 bits per heavy atom. The molecule has 4 aromatic heterocycles. The van der Waals surface area contributed by atoms with Crippen molar-refractivity contribution in [2.75, 3.05) is 13.7 Å². The van der Waals surface area contributed by atoms with E-state index >= 15 is 0 Å². The summed E-state index contributed by atoms with van der Waals surface area (Å²) in [5.41, 5.74) is 3.06. The summed E-state index contributed by atoms with van der Waals surface area (Å²) in [4.78, 5) is 9.18. The highest BCUT2D eigenvalue weighted by atomic mass is 19.3. The Morgan fingerprint density at radius 3 is 2.73 bits per heavy atom. The van der Waals surface area contributed by atoms with Crippen LogP contribution in [-0.4, -0.2) is 53.6 Å². The molecule has 5 rings (SSSR count). The molecule has 0 N–H and O–H groups in total. The maximum Gasteiger partial charge on any atom is 0.253 e. The Kier molecular flexibility index (Phi) is 4.39. The Bertz CT molecular complexity index is 1190.